The molecule has 0 aromatic rings. The Morgan fingerprint density at radius 1 is 1.13 bits per heavy atom. The van der Waals surface area contributed by atoms with Crippen molar-refractivity contribution in [1.82, 2.24) is 9.80 Å². The van der Waals surface area contributed by atoms with Crippen molar-refractivity contribution in [3.05, 3.63) is 0 Å². The summed E-state index contributed by atoms with van der Waals surface area (Å²) < 4.78 is 8.97. The molecule has 1 saturated heterocycles. The van der Waals surface area contributed by atoms with Crippen molar-refractivity contribution < 1.29 is 34.1 Å². The van der Waals surface area contributed by atoms with E-state index < -0.39 is 12.1 Å². The van der Waals surface area contributed by atoms with Crippen molar-refractivity contribution in [1.29, 1.82) is 0 Å². The predicted molar refractivity (Wildman–Crippen MR) is 130 cm³/mol. The van der Waals surface area contributed by atoms with E-state index in [-0.39, 0.29) is 41.7 Å². The molecule has 0 aromatic carbocycles. The van der Waals surface area contributed by atoms with Crippen molar-refractivity contribution in [3.8, 4) is 0 Å². The Hall–Kier alpha value is -1.71. The van der Waals surface area contributed by atoms with Crippen LogP contribution in [0.25, 0.3) is 0 Å². The number of ether oxygens (including phenoxy) is 2. The number of carbonyl (C=O) groups excluding carboxylic acids is 3. The fraction of sp³-hybridized carbons (Fsp3) is 0.864. The number of aliphatic hydroxyl groups is 2. The average molecular weight is 459 g/mol. The van der Waals surface area contributed by atoms with Crippen LogP contribution in [0, 0.1) is 0 Å². The molecule has 9 nitrogen and oxygen atoms in total. The van der Waals surface area contributed by atoms with Crippen LogP contribution in [0.1, 0.15) is 70.2 Å². The number of esters is 1. The van der Waals surface area contributed by atoms with Gasteiger partial charge in [0.2, 0.25) is 11.8 Å². The van der Waals surface area contributed by atoms with Gasteiger partial charge in [0.05, 0.1) is 19.3 Å². The Morgan fingerprint density at radius 2 is 1.55 bits per heavy atom. The molecule has 1 aliphatic rings. The molecule has 0 radical (unpaired) electrons. The minimum Gasteiger partial charge on any atom is -0.464 e. The highest BCUT2D eigenvalue weighted by atomic mass is 16.5. The molecule has 1 heterocycles. The summed E-state index contributed by atoms with van der Waals surface area (Å²) in [5.74, 6) is -0.178. The molecule has 2 N–H and O–H groups in total. The van der Waals surface area contributed by atoms with E-state index in [1.165, 1.54) is 18.7 Å². The molecule has 194 valence electrons. The molecule has 31 heavy (non-hydrogen) atoms. The van der Waals surface area contributed by atoms with E-state index in [0.29, 0.717) is 19.1 Å². The maximum absolute atomic E-state index is 10.5. The van der Waals surface area contributed by atoms with E-state index in [1.807, 2.05) is 7.05 Å². The van der Waals surface area contributed by atoms with Crippen LogP contribution in [0.15, 0.2) is 0 Å². The highest BCUT2D eigenvalue weighted by Gasteiger charge is 2.14. The second-order valence-corrected chi connectivity index (χ2v) is 6.06. The zero-order valence-electron chi connectivity index (χ0n) is 18.0. The molecule has 2 unspecified atom stereocenters. The van der Waals surface area contributed by atoms with Crippen LogP contribution in [0.4, 0.5) is 0 Å². The Kier molecular flexibility index (Phi) is 46.4. The molecular formula is C22H54N2O7. The predicted octanol–water partition coefficient (Wildman–Crippen LogP) is 2.82. The van der Waals surface area contributed by atoms with E-state index in [0.717, 1.165) is 19.4 Å². The molecule has 0 bridgehead atoms. The first kappa shape index (κ1) is 47.2. The lowest BCUT2D eigenvalue weighted by Gasteiger charge is -2.03. The largest absolute Gasteiger partial charge is 0.464 e. The zero-order chi connectivity index (χ0) is 22.0. The fourth-order valence-corrected chi connectivity index (χ4v) is 1.29. The lowest BCUT2D eigenvalue weighted by Crippen LogP contribution is -2.18. The van der Waals surface area contributed by atoms with E-state index in [2.05, 4.69) is 9.47 Å². The molecule has 0 aliphatic carbocycles. The molecule has 0 aromatic heterocycles. The van der Waals surface area contributed by atoms with Gasteiger partial charge in [-0.2, -0.15) is 0 Å². The Bertz CT molecular complexity index is 401. The highest BCUT2D eigenvalue weighted by Crippen LogP contribution is 2.04. The molecule has 9 heteroatoms. The zero-order valence-corrected chi connectivity index (χ0v) is 18.0. The monoisotopic (exact) mass is 458 g/mol. The first-order chi connectivity index (χ1) is 12.4. The molecule has 2 amide bonds. The van der Waals surface area contributed by atoms with Crippen molar-refractivity contribution in [2.24, 2.45) is 0 Å². The number of aliphatic hydroxyl groups excluding tert-OH is 2. The van der Waals surface area contributed by atoms with Gasteiger partial charge in [0.15, 0.2) is 0 Å². The van der Waals surface area contributed by atoms with Crippen LogP contribution in [0.2, 0.25) is 0 Å². The number of hydrogen-bond donors (Lipinski definition) is 2. The number of likely N-dealkylation sites (tertiary alicyclic amines) is 1. The first-order valence-corrected chi connectivity index (χ1v) is 8.84. The Morgan fingerprint density at radius 3 is 1.61 bits per heavy atom. The second kappa shape index (κ2) is 30.5. The number of carbonyl (C=O) groups is 3. The minimum atomic E-state index is -0.991. The maximum Gasteiger partial charge on any atom is 0.334 e. The summed E-state index contributed by atoms with van der Waals surface area (Å²) in [6, 6.07) is 0. The Labute approximate surface area is 192 Å². The number of hydrogen-bond acceptors (Lipinski definition) is 7. The number of rotatable bonds is 4. The van der Waals surface area contributed by atoms with Crippen molar-refractivity contribution in [3.63, 3.8) is 0 Å². The van der Waals surface area contributed by atoms with Crippen LogP contribution in [0.5, 0.6) is 0 Å². The molecular weight excluding hydrogens is 404 g/mol. The van der Waals surface area contributed by atoms with E-state index in [4.69, 9.17) is 10.2 Å². The van der Waals surface area contributed by atoms with Crippen LogP contribution >= 0.6 is 0 Å². The molecule has 1 fully saturated rings. The third-order valence-corrected chi connectivity index (χ3v) is 2.98. The molecule has 2 atom stereocenters. The Balaban J connectivity index is -0.0000000478. The summed E-state index contributed by atoms with van der Waals surface area (Å²) in [5.41, 5.74) is 0. The lowest BCUT2D eigenvalue weighted by molar-refractivity contribution is -0.151. The van der Waals surface area contributed by atoms with Crippen LogP contribution < -0.4 is 0 Å². The number of nitrogens with zero attached hydrogens (tertiary/aromatic N) is 2. The van der Waals surface area contributed by atoms with Gasteiger partial charge in [-0.1, -0.05) is 29.7 Å². The maximum atomic E-state index is 10.5. The van der Waals surface area contributed by atoms with Crippen molar-refractivity contribution in [2.45, 2.75) is 82.5 Å². The molecule has 0 saturated carbocycles. The van der Waals surface area contributed by atoms with Gasteiger partial charge in [0.1, 0.15) is 6.10 Å². The van der Waals surface area contributed by atoms with Crippen LogP contribution in [-0.4, -0.2) is 98.0 Å². The first-order valence-electron chi connectivity index (χ1n) is 8.84. The molecule has 1 rings (SSSR count). The van der Waals surface area contributed by atoms with Crippen molar-refractivity contribution >= 4 is 17.8 Å². The summed E-state index contributed by atoms with van der Waals surface area (Å²) in [5, 5.41) is 16.9. The summed E-state index contributed by atoms with van der Waals surface area (Å²) in [6.45, 7) is 7.99. The molecule has 0 spiro atoms. The van der Waals surface area contributed by atoms with Crippen LogP contribution in [-0.2, 0) is 23.9 Å². The summed E-state index contributed by atoms with van der Waals surface area (Å²) in [6.07, 6.45) is 0.496. The van der Waals surface area contributed by atoms with Gasteiger partial charge in [-0.05, 0) is 27.2 Å². The fourth-order valence-electron chi connectivity index (χ4n) is 1.29. The third-order valence-electron chi connectivity index (χ3n) is 2.98. The smallest absolute Gasteiger partial charge is 0.334 e. The van der Waals surface area contributed by atoms with Gasteiger partial charge in [-0.15, -0.1) is 0 Å². The van der Waals surface area contributed by atoms with Crippen molar-refractivity contribution in [2.75, 3.05) is 48.0 Å². The summed E-state index contributed by atoms with van der Waals surface area (Å²) in [7, 11) is 6.85. The third kappa shape index (κ3) is 39.4. The van der Waals surface area contributed by atoms with Gasteiger partial charge in [-0.3, -0.25) is 9.59 Å². The standard InChI is InChI=1S/C5H9NO.C5H10O3.C4H9NO.C4H10O2.4CH4/c1-6-4-2-3-5(6)7;1-3-8-5(7)4(2)6;1-4(6)5(2)3;1-4(5)3-6-2;;;;/h2-4H2,1H3;4,6H,3H2,1-2H3;1-3H3;4-5H,3H2,1-2H3;4*1H4. The normalized spacial score (nSPS) is 12.5. The molecule has 1 aliphatic heterocycles. The van der Waals surface area contributed by atoms with Gasteiger partial charge >= 0.3 is 5.97 Å². The SMILES string of the molecule is C.C.C.C.CC(=O)N(C)C.CCOC(=O)C(C)O.CN1CCCC1=O.COCC(C)O. The summed E-state index contributed by atoms with van der Waals surface area (Å²) >= 11 is 0. The quantitative estimate of drug-likeness (QED) is 0.622. The van der Waals surface area contributed by atoms with Crippen LogP contribution in [0.3, 0.4) is 0 Å². The minimum absolute atomic E-state index is 0. The summed E-state index contributed by atoms with van der Waals surface area (Å²) in [4.78, 5) is 34.1. The number of methoxy groups -OCH3 is 1. The van der Waals surface area contributed by atoms with E-state index in [1.54, 1.807) is 40.0 Å². The van der Waals surface area contributed by atoms with Gasteiger partial charge < -0.3 is 29.5 Å². The topological polar surface area (TPSA) is 117 Å². The highest BCUT2D eigenvalue weighted by molar-refractivity contribution is 5.77. The average Bonchev–Trinajstić information content (AvgIpc) is 2.92. The second-order valence-electron chi connectivity index (χ2n) is 6.06. The van der Waals surface area contributed by atoms with Gasteiger partial charge in [0.25, 0.3) is 0 Å². The number of amides is 2. The van der Waals surface area contributed by atoms with E-state index >= 15 is 0 Å². The lowest BCUT2D eigenvalue weighted by atomic mass is 10.4. The van der Waals surface area contributed by atoms with E-state index in [9.17, 15) is 14.4 Å². The van der Waals surface area contributed by atoms with Gasteiger partial charge in [0, 0.05) is 48.1 Å². The van der Waals surface area contributed by atoms with Gasteiger partial charge in [-0.25, -0.2) is 4.79 Å².